The summed E-state index contributed by atoms with van der Waals surface area (Å²) >= 11 is 0. The summed E-state index contributed by atoms with van der Waals surface area (Å²) in [6.45, 7) is 0. The Bertz CT molecular complexity index is 917. The number of ketones is 1. The van der Waals surface area contributed by atoms with Crippen molar-refractivity contribution in [2.75, 3.05) is 0 Å². The van der Waals surface area contributed by atoms with E-state index in [2.05, 4.69) is 10.4 Å². The molecular formula is C18H17FN4O3. The van der Waals surface area contributed by atoms with Gasteiger partial charge in [0.25, 0.3) is 0 Å². The Balaban J connectivity index is 2.00. The highest BCUT2D eigenvalue weighted by Gasteiger charge is 2.75. The first-order chi connectivity index (χ1) is 12.3. The van der Waals surface area contributed by atoms with E-state index in [0.29, 0.717) is 5.69 Å². The Morgan fingerprint density at radius 3 is 2.62 bits per heavy atom. The van der Waals surface area contributed by atoms with Crippen molar-refractivity contribution in [3.63, 3.8) is 0 Å². The number of Topliss-reactive ketones (excluding diaryl/α,β-unsaturated/α-hetero) is 1. The molecule has 26 heavy (non-hydrogen) atoms. The lowest BCUT2D eigenvalue weighted by Crippen LogP contribution is -2.45. The summed E-state index contributed by atoms with van der Waals surface area (Å²) in [6.07, 6.45) is 1.13. The minimum atomic E-state index is -1.67. The van der Waals surface area contributed by atoms with Gasteiger partial charge in [-0.1, -0.05) is 24.3 Å². The number of hydrogen-bond donors (Lipinski definition) is 4. The van der Waals surface area contributed by atoms with Crippen molar-refractivity contribution < 1.29 is 19.1 Å². The number of carbonyl (C=O) groups excluding carboxylic acids is 1. The third-order valence-corrected chi connectivity index (χ3v) is 4.66. The molecule has 6 N–H and O–H groups in total. The Morgan fingerprint density at radius 2 is 1.96 bits per heavy atom. The van der Waals surface area contributed by atoms with Crippen LogP contribution < -0.4 is 17.0 Å². The average molecular weight is 356 g/mol. The average Bonchev–Trinajstić information content (AvgIpc) is 3.28. The molecular weight excluding hydrogens is 339 g/mol. The zero-order valence-electron chi connectivity index (χ0n) is 13.6. The van der Waals surface area contributed by atoms with Crippen molar-refractivity contribution in [2.24, 2.45) is 16.6 Å². The summed E-state index contributed by atoms with van der Waals surface area (Å²) in [6, 6.07) is 11.4. The van der Waals surface area contributed by atoms with Crippen molar-refractivity contribution >= 4 is 23.8 Å². The number of carboxylic acid groups (broad SMARTS) is 1. The predicted molar refractivity (Wildman–Crippen MR) is 93.5 cm³/mol. The summed E-state index contributed by atoms with van der Waals surface area (Å²) < 4.78 is 13.6. The minimum absolute atomic E-state index is 0.116. The molecule has 1 aliphatic carbocycles. The zero-order valence-corrected chi connectivity index (χ0v) is 13.6. The van der Waals surface area contributed by atoms with Crippen LogP contribution in [0.3, 0.4) is 0 Å². The zero-order chi connectivity index (χ0) is 18.9. The largest absolute Gasteiger partial charge is 0.481 e. The molecule has 0 saturated heterocycles. The number of nitrogens with two attached hydrogens (primary N) is 2. The number of halogens is 1. The van der Waals surface area contributed by atoms with Crippen LogP contribution in [-0.2, 0) is 10.2 Å². The Kier molecular flexibility index (Phi) is 4.31. The topological polar surface area (TPSA) is 131 Å². The van der Waals surface area contributed by atoms with E-state index in [0.717, 1.165) is 6.07 Å². The van der Waals surface area contributed by atoms with E-state index in [1.54, 1.807) is 12.1 Å². The molecule has 1 saturated carbocycles. The van der Waals surface area contributed by atoms with Crippen LogP contribution in [0.5, 0.6) is 0 Å². The highest BCUT2D eigenvalue weighted by Crippen LogP contribution is 2.57. The lowest BCUT2D eigenvalue weighted by Gasteiger charge is -2.19. The number of hydrazine groups is 1. The van der Waals surface area contributed by atoms with Gasteiger partial charge in [-0.2, -0.15) is 0 Å². The van der Waals surface area contributed by atoms with Crippen molar-refractivity contribution in [2.45, 2.75) is 17.4 Å². The van der Waals surface area contributed by atoms with Gasteiger partial charge in [0.2, 0.25) is 0 Å². The number of carbonyl (C=O) groups is 2. The lowest BCUT2D eigenvalue weighted by molar-refractivity contribution is -0.140. The van der Waals surface area contributed by atoms with Crippen LogP contribution in [-0.4, -0.2) is 28.7 Å². The number of benzene rings is 2. The van der Waals surface area contributed by atoms with Gasteiger partial charge in [0, 0.05) is 5.56 Å². The fourth-order valence-electron chi connectivity index (χ4n) is 3.25. The first-order valence-corrected chi connectivity index (χ1v) is 7.77. The summed E-state index contributed by atoms with van der Waals surface area (Å²) in [5.74, 6) is 2.73. The molecule has 134 valence electrons. The molecule has 3 rings (SSSR count). The first-order valence-electron chi connectivity index (χ1n) is 7.77. The number of nitrogens with one attached hydrogen (secondary N) is 1. The van der Waals surface area contributed by atoms with Gasteiger partial charge in [-0.25, -0.2) is 15.2 Å². The van der Waals surface area contributed by atoms with Gasteiger partial charge in [0.05, 0.1) is 5.69 Å². The monoisotopic (exact) mass is 356 g/mol. The summed E-state index contributed by atoms with van der Waals surface area (Å²) in [4.78, 5) is 28.9. The molecule has 0 amide bonds. The highest BCUT2D eigenvalue weighted by molar-refractivity contribution is 6.13. The number of nitrogens with zero attached hydrogens (tertiary/aromatic N) is 1. The maximum absolute atomic E-state index is 13.6. The lowest BCUT2D eigenvalue weighted by atomic mass is 9.87. The fraction of sp³-hybridized carbons (Fsp3) is 0.167. The van der Waals surface area contributed by atoms with E-state index in [1.165, 1.54) is 36.7 Å². The molecule has 0 aliphatic heterocycles. The number of aliphatic imine (C=N–C) groups is 1. The van der Waals surface area contributed by atoms with Crippen LogP contribution in [0.4, 0.5) is 10.1 Å². The first kappa shape index (κ1) is 17.7. The van der Waals surface area contributed by atoms with E-state index < -0.39 is 28.5 Å². The van der Waals surface area contributed by atoms with Crippen LogP contribution in [0.25, 0.3) is 0 Å². The van der Waals surface area contributed by atoms with Crippen LogP contribution in [0.15, 0.2) is 53.5 Å². The molecule has 8 heteroatoms. The number of rotatable bonds is 6. The predicted octanol–water partition coefficient (Wildman–Crippen LogP) is 1.26. The summed E-state index contributed by atoms with van der Waals surface area (Å²) in [7, 11) is 0. The van der Waals surface area contributed by atoms with E-state index >= 15 is 0 Å². The molecule has 2 atom stereocenters. The molecule has 1 aliphatic rings. The Morgan fingerprint density at radius 1 is 1.23 bits per heavy atom. The third-order valence-electron chi connectivity index (χ3n) is 4.66. The van der Waals surface area contributed by atoms with Gasteiger partial charge in [-0.15, -0.1) is 0 Å². The molecule has 0 heterocycles. The number of carboxylic acids is 1. The quantitative estimate of drug-likeness (QED) is 0.203. The number of aliphatic carboxylic acids is 1. The van der Waals surface area contributed by atoms with Crippen LogP contribution >= 0.6 is 0 Å². The molecule has 0 spiro atoms. The van der Waals surface area contributed by atoms with E-state index in [4.69, 9.17) is 11.6 Å². The maximum Gasteiger partial charge on any atom is 0.316 e. The van der Waals surface area contributed by atoms with Crippen molar-refractivity contribution in [1.29, 1.82) is 0 Å². The van der Waals surface area contributed by atoms with Gasteiger partial charge < -0.3 is 16.3 Å². The molecule has 2 unspecified atom stereocenters. The second-order valence-electron chi connectivity index (χ2n) is 6.17. The Labute approximate surface area is 148 Å². The van der Waals surface area contributed by atoms with Crippen molar-refractivity contribution in [3.8, 4) is 0 Å². The van der Waals surface area contributed by atoms with Gasteiger partial charge in [-0.05, 0) is 36.2 Å². The third kappa shape index (κ3) is 2.65. The summed E-state index contributed by atoms with van der Waals surface area (Å²) in [5, 5.41) is 9.75. The van der Waals surface area contributed by atoms with Gasteiger partial charge in [-0.3, -0.25) is 9.59 Å². The van der Waals surface area contributed by atoms with Crippen LogP contribution in [0.2, 0.25) is 0 Å². The Hall–Kier alpha value is -3.10. The van der Waals surface area contributed by atoms with Crippen molar-refractivity contribution in [1.82, 2.24) is 5.43 Å². The van der Waals surface area contributed by atoms with Gasteiger partial charge >= 0.3 is 5.97 Å². The van der Waals surface area contributed by atoms with Crippen LogP contribution in [0.1, 0.15) is 22.3 Å². The second-order valence-corrected chi connectivity index (χ2v) is 6.17. The summed E-state index contributed by atoms with van der Waals surface area (Å²) in [5.41, 5.74) is 5.97. The molecule has 0 radical (unpaired) electrons. The molecule has 2 aromatic rings. The highest BCUT2D eigenvalue weighted by atomic mass is 19.1. The smallest absolute Gasteiger partial charge is 0.316 e. The standard InChI is InChI=1S/C18H17FN4O3/c19-13-5-2-4-12(8-13)17(16(25)26)9-18(17,20)15(24)11-3-1-6-14(7-11)22-10-23-21/h1-8,10H,9,20-21H2,(H,22,23)(H,25,26). The van der Waals surface area contributed by atoms with E-state index in [9.17, 15) is 19.1 Å². The minimum Gasteiger partial charge on any atom is -0.481 e. The normalized spacial score (nSPS) is 24.4. The second kappa shape index (κ2) is 6.32. The molecule has 0 aromatic heterocycles. The molecule has 7 nitrogen and oxygen atoms in total. The molecule has 1 fully saturated rings. The number of hydrogen-bond acceptors (Lipinski definition) is 5. The van der Waals surface area contributed by atoms with Gasteiger partial charge in [0.15, 0.2) is 5.78 Å². The SMILES string of the molecule is NNC=Nc1cccc(C(=O)C2(N)CC2(C(=O)O)c2cccc(F)c2)c1. The fourth-order valence-corrected chi connectivity index (χ4v) is 3.25. The van der Waals surface area contributed by atoms with Crippen LogP contribution in [0, 0.1) is 5.82 Å². The molecule has 0 bridgehead atoms. The van der Waals surface area contributed by atoms with Crippen molar-refractivity contribution in [3.05, 3.63) is 65.5 Å². The van der Waals surface area contributed by atoms with E-state index in [1.807, 2.05) is 0 Å². The van der Waals surface area contributed by atoms with Gasteiger partial charge in [0.1, 0.15) is 23.1 Å². The maximum atomic E-state index is 13.6. The molecule has 2 aromatic carbocycles. The van der Waals surface area contributed by atoms with E-state index in [-0.39, 0.29) is 17.5 Å².